The summed E-state index contributed by atoms with van der Waals surface area (Å²) in [6.07, 6.45) is 11.1. The van der Waals surface area contributed by atoms with E-state index in [1.54, 1.807) is 13.8 Å². The van der Waals surface area contributed by atoms with Crippen LogP contribution >= 0.6 is 0 Å². The van der Waals surface area contributed by atoms with Crippen molar-refractivity contribution in [2.24, 2.45) is 29.1 Å². The molecule has 1 aromatic carbocycles. The van der Waals surface area contributed by atoms with E-state index in [0.717, 1.165) is 66.1 Å². The summed E-state index contributed by atoms with van der Waals surface area (Å²) in [6, 6.07) is 4.42. The molecule has 1 heterocycles. The second kappa shape index (κ2) is 9.88. The minimum Gasteiger partial charge on any atom is -0.386 e. The largest absolute Gasteiger partial charge is 0.386 e. The van der Waals surface area contributed by atoms with Crippen molar-refractivity contribution in [2.75, 3.05) is 5.32 Å². The molecule has 2 saturated carbocycles. The first-order chi connectivity index (χ1) is 16.3. The van der Waals surface area contributed by atoms with Gasteiger partial charge in [-0.05, 0) is 94.1 Å². The van der Waals surface area contributed by atoms with E-state index in [0.29, 0.717) is 12.0 Å². The van der Waals surface area contributed by atoms with E-state index in [1.165, 1.54) is 19.3 Å². The fourth-order valence-electron chi connectivity index (χ4n) is 6.37. The van der Waals surface area contributed by atoms with Crippen molar-refractivity contribution in [2.45, 2.75) is 111 Å². The molecule has 0 spiro atoms. The normalized spacial score (nSPS) is 26.3. The van der Waals surface area contributed by atoms with Crippen molar-refractivity contribution in [1.82, 2.24) is 9.78 Å². The van der Waals surface area contributed by atoms with Crippen LogP contribution in [0.25, 0.3) is 10.9 Å². The van der Waals surface area contributed by atoms with Crippen LogP contribution in [0.3, 0.4) is 0 Å². The topological polar surface area (TPSA) is 67.2 Å². The minimum atomic E-state index is -1.07. The van der Waals surface area contributed by atoms with E-state index >= 15 is 0 Å². The lowest BCUT2D eigenvalue weighted by molar-refractivity contribution is -0.121. The molecule has 1 aromatic heterocycles. The molecule has 5 heteroatoms. The summed E-state index contributed by atoms with van der Waals surface area (Å²) in [6.45, 7) is 15.1. The molecule has 1 amide bonds. The predicted molar refractivity (Wildman–Crippen MR) is 144 cm³/mol. The fourth-order valence-corrected chi connectivity index (χ4v) is 6.37. The molecule has 35 heavy (non-hydrogen) atoms. The number of hydrogen-bond donors (Lipinski definition) is 2. The van der Waals surface area contributed by atoms with Gasteiger partial charge in [-0.3, -0.25) is 9.48 Å². The first-order valence-corrected chi connectivity index (χ1v) is 13.9. The number of rotatable bonds is 5. The van der Waals surface area contributed by atoms with Crippen LogP contribution in [-0.4, -0.2) is 20.8 Å². The van der Waals surface area contributed by atoms with Gasteiger partial charge < -0.3 is 10.4 Å². The highest BCUT2D eigenvalue weighted by atomic mass is 16.3. The third kappa shape index (κ3) is 5.93. The van der Waals surface area contributed by atoms with Gasteiger partial charge in [-0.15, -0.1) is 0 Å². The number of carbonyl (C=O) groups excluding carboxylic acids is 1. The van der Waals surface area contributed by atoms with Crippen LogP contribution < -0.4 is 5.32 Å². The molecule has 0 saturated heterocycles. The Morgan fingerprint density at radius 3 is 2.34 bits per heavy atom. The lowest BCUT2D eigenvalue weighted by Gasteiger charge is -2.37. The lowest BCUT2D eigenvalue weighted by atomic mass is 9.69. The average Bonchev–Trinajstić information content (AvgIpc) is 3.20. The van der Waals surface area contributed by atoms with Crippen LogP contribution in [0.1, 0.15) is 111 Å². The summed E-state index contributed by atoms with van der Waals surface area (Å²) in [7, 11) is 0. The van der Waals surface area contributed by atoms with Gasteiger partial charge in [0.1, 0.15) is 0 Å². The third-order valence-electron chi connectivity index (χ3n) is 8.91. The molecule has 5 nitrogen and oxygen atoms in total. The van der Waals surface area contributed by atoms with E-state index in [4.69, 9.17) is 5.10 Å². The first kappa shape index (κ1) is 26.2. The summed E-state index contributed by atoms with van der Waals surface area (Å²) in [5.74, 6) is 2.24. The molecule has 0 aliphatic heterocycles. The van der Waals surface area contributed by atoms with E-state index < -0.39 is 5.60 Å². The van der Waals surface area contributed by atoms with Crippen LogP contribution in [0.5, 0.6) is 0 Å². The van der Waals surface area contributed by atoms with Crippen LogP contribution in [0.15, 0.2) is 18.3 Å². The number of amides is 1. The van der Waals surface area contributed by atoms with Gasteiger partial charge in [0.2, 0.25) is 5.91 Å². The van der Waals surface area contributed by atoms with Crippen LogP contribution in [0.2, 0.25) is 0 Å². The van der Waals surface area contributed by atoms with E-state index in [1.807, 2.05) is 12.1 Å². The Morgan fingerprint density at radius 2 is 1.74 bits per heavy atom. The monoisotopic (exact) mass is 481 g/mol. The Morgan fingerprint density at radius 1 is 1.06 bits per heavy atom. The number of nitrogens with zero attached hydrogens (tertiary/aromatic N) is 2. The molecule has 0 radical (unpaired) electrons. The molecule has 2 aliphatic carbocycles. The zero-order chi connectivity index (χ0) is 25.5. The Hall–Kier alpha value is -1.88. The molecule has 0 bridgehead atoms. The maximum Gasteiger partial charge on any atom is 0.227 e. The Kier molecular flexibility index (Phi) is 7.39. The van der Waals surface area contributed by atoms with Gasteiger partial charge in [-0.1, -0.05) is 41.0 Å². The highest BCUT2D eigenvalue weighted by molar-refractivity contribution is 5.96. The molecule has 2 aliphatic rings. The first-order valence-electron chi connectivity index (χ1n) is 13.9. The second-order valence-corrected chi connectivity index (χ2v) is 13.4. The van der Waals surface area contributed by atoms with Crippen molar-refractivity contribution in [3.63, 3.8) is 0 Å². The zero-order valence-corrected chi connectivity index (χ0v) is 23.0. The smallest absolute Gasteiger partial charge is 0.227 e. The number of hydrogen-bond acceptors (Lipinski definition) is 3. The molecule has 2 unspecified atom stereocenters. The Balaban J connectivity index is 1.57. The number of anilines is 1. The van der Waals surface area contributed by atoms with Crippen molar-refractivity contribution in [3.8, 4) is 0 Å². The second-order valence-electron chi connectivity index (χ2n) is 13.4. The molecule has 2 N–H and O–H groups in total. The summed E-state index contributed by atoms with van der Waals surface area (Å²) in [4.78, 5) is 13.4. The highest BCUT2D eigenvalue weighted by Crippen LogP contribution is 2.41. The van der Waals surface area contributed by atoms with Gasteiger partial charge in [0.15, 0.2) is 0 Å². The fraction of sp³-hybridized carbons (Fsp3) is 0.733. The van der Waals surface area contributed by atoms with Crippen molar-refractivity contribution < 1.29 is 9.90 Å². The van der Waals surface area contributed by atoms with E-state index in [2.05, 4.69) is 50.8 Å². The van der Waals surface area contributed by atoms with E-state index in [-0.39, 0.29) is 17.2 Å². The van der Waals surface area contributed by atoms with Crippen molar-refractivity contribution >= 4 is 22.5 Å². The predicted octanol–water partition coefficient (Wildman–Crippen LogP) is 7.44. The molecular weight excluding hydrogens is 434 g/mol. The Bertz CT molecular complexity index is 1030. The van der Waals surface area contributed by atoms with Crippen LogP contribution in [0, 0.1) is 29.1 Å². The standard InChI is InChI=1S/C30H47N3O2/c1-19(2)20-11-13-24(14-12-20)33-18-22-16-27(25(30(6,7)35)17-26(22)32-33)31-28(34)21-9-8-10-23(15-21)29(3,4)5/h16-21,23-24,35H,8-15H2,1-7H3,(H,31,34)/t20-,21?,23?,24-. The highest BCUT2D eigenvalue weighted by Gasteiger charge is 2.34. The van der Waals surface area contributed by atoms with Crippen LogP contribution in [-0.2, 0) is 10.4 Å². The van der Waals surface area contributed by atoms with E-state index in [9.17, 15) is 9.90 Å². The molecule has 194 valence electrons. The SMILES string of the molecule is CC(C)[C@H]1CC[C@H](n2cc3cc(NC(=O)C4CCCC(C(C)(C)C)C4)c(C(C)(C)O)cc3n2)CC1. The van der Waals surface area contributed by atoms with Gasteiger partial charge in [0.25, 0.3) is 0 Å². The summed E-state index contributed by atoms with van der Waals surface area (Å²) in [5.41, 5.74) is 1.48. The number of aliphatic hydroxyl groups is 1. The number of carbonyl (C=O) groups is 1. The Labute approximate surface area is 212 Å². The molecule has 2 fully saturated rings. The van der Waals surface area contributed by atoms with Gasteiger partial charge >= 0.3 is 0 Å². The molecule has 2 aromatic rings. The van der Waals surface area contributed by atoms with Gasteiger partial charge in [0.05, 0.1) is 17.2 Å². The van der Waals surface area contributed by atoms with Crippen molar-refractivity contribution in [3.05, 3.63) is 23.9 Å². The number of nitrogens with one attached hydrogen (secondary N) is 1. The van der Waals surface area contributed by atoms with Gasteiger partial charge in [-0.2, -0.15) is 5.10 Å². The zero-order valence-electron chi connectivity index (χ0n) is 23.0. The number of fused-ring (bicyclic) bond motifs is 1. The minimum absolute atomic E-state index is 0.0252. The summed E-state index contributed by atoms with van der Waals surface area (Å²) in [5, 5.41) is 20.1. The summed E-state index contributed by atoms with van der Waals surface area (Å²) >= 11 is 0. The van der Waals surface area contributed by atoms with Gasteiger partial charge in [0, 0.05) is 28.8 Å². The molecule has 4 rings (SSSR count). The van der Waals surface area contributed by atoms with Crippen LogP contribution in [0.4, 0.5) is 5.69 Å². The molecular formula is C30H47N3O2. The third-order valence-corrected chi connectivity index (χ3v) is 8.91. The van der Waals surface area contributed by atoms with Gasteiger partial charge in [-0.25, -0.2) is 0 Å². The maximum absolute atomic E-state index is 13.4. The summed E-state index contributed by atoms with van der Waals surface area (Å²) < 4.78 is 2.13. The number of aromatic nitrogens is 2. The number of benzene rings is 1. The van der Waals surface area contributed by atoms with Crippen molar-refractivity contribution in [1.29, 1.82) is 0 Å². The average molecular weight is 482 g/mol. The molecule has 2 atom stereocenters. The maximum atomic E-state index is 13.4. The lowest BCUT2D eigenvalue weighted by Crippen LogP contribution is -2.33. The quantitative estimate of drug-likeness (QED) is 0.466.